The molecular formula is C30H32N2O10. The Morgan fingerprint density at radius 2 is 2.02 bits per heavy atom. The summed E-state index contributed by atoms with van der Waals surface area (Å²) in [7, 11) is 1.44. The van der Waals surface area contributed by atoms with Gasteiger partial charge < -0.3 is 44.1 Å². The second-order valence-corrected chi connectivity index (χ2v) is 10.6. The van der Waals surface area contributed by atoms with Gasteiger partial charge in [0.15, 0.2) is 23.0 Å². The van der Waals surface area contributed by atoms with Crippen LogP contribution in [0.5, 0.6) is 23.0 Å². The van der Waals surface area contributed by atoms with Crippen LogP contribution in [0, 0.1) is 5.92 Å². The average molecular weight is 581 g/mol. The molecule has 0 spiro atoms. The van der Waals surface area contributed by atoms with Crippen molar-refractivity contribution in [2.45, 2.75) is 37.1 Å². The summed E-state index contributed by atoms with van der Waals surface area (Å²) in [6.45, 7) is 0.657. The number of nitrogens with zero attached hydrogens (tertiary/aromatic N) is 1. The Morgan fingerprint density at radius 1 is 1.19 bits per heavy atom. The number of ether oxygens (including phenoxy) is 5. The van der Waals surface area contributed by atoms with Gasteiger partial charge in [0.25, 0.3) is 0 Å². The van der Waals surface area contributed by atoms with Crippen molar-refractivity contribution >= 4 is 18.1 Å². The summed E-state index contributed by atoms with van der Waals surface area (Å²) < 4.78 is 28.2. The average Bonchev–Trinajstić information content (AvgIpc) is 3.78. The van der Waals surface area contributed by atoms with Gasteiger partial charge in [0.1, 0.15) is 18.5 Å². The molecule has 3 aliphatic heterocycles. The number of benzene rings is 2. The lowest BCUT2D eigenvalue weighted by molar-refractivity contribution is -0.142. The largest absolute Gasteiger partial charge is 0.493 e. The normalized spacial score (nSPS) is 25.1. The molecule has 222 valence electrons. The Balaban J connectivity index is 1.43. The smallest absolute Gasteiger partial charge is 0.247 e. The van der Waals surface area contributed by atoms with Crippen molar-refractivity contribution in [2.24, 2.45) is 5.92 Å². The number of aldehydes is 1. The minimum absolute atomic E-state index is 0.00540. The Hall–Kier alpha value is -4.13. The van der Waals surface area contributed by atoms with E-state index in [1.165, 1.54) is 13.2 Å². The minimum Gasteiger partial charge on any atom is -0.493 e. The number of carbonyl (C=O) groups is 3. The van der Waals surface area contributed by atoms with Crippen LogP contribution in [0.3, 0.4) is 0 Å². The number of amides is 2. The molecule has 1 fully saturated rings. The first kappa shape index (κ1) is 28.0. The van der Waals surface area contributed by atoms with Crippen molar-refractivity contribution in [3.63, 3.8) is 0 Å². The van der Waals surface area contributed by atoms with Gasteiger partial charge in [0, 0.05) is 36.4 Å². The topological polar surface area (TPSA) is 153 Å². The predicted molar refractivity (Wildman–Crippen MR) is 146 cm³/mol. The molecule has 1 saturated heterocycles. The molecule has 3 heterocycles. The van der Waals surface area contributed by atoms with E-state index in [-0.39, 0.29) is 44.6 Å². The molecule has 5 atom stereocenters. The van der Waals surface area contributed by atoms with Crippen LogP contribution < -0.4 is 24.3 Å². The molecule has 3 N–H and O–H groups in total. The minimum atomic E-state index is -1.25. The van der Waals surface area contributed by atoms with Crippen molar-refractivity contribution in [1.29, 1.82) is 0 Å². The third kappa shape index (κ3) is 4.95. The Kier molecular flexibility index (Phi) is 7.76. The number of rotatable bonds is 9. The van der Waals surface area contributed by atoms with Crippen molar-refractivity contribution in [3.8, 4) is 23.0 Å². The molecule has 2 aromatic carbocycles. The molecular weight excluding hydrogens is 548 g/mol. The van der Waals surface area contributed by atoms with Crippen LogP contribution in [0.1, 0.15) is 33.8 Å². The number of aliphatic hydroxyl groups is 2. The van der Waals surface area contributed by atoms with Gasteiger partial charge in [-0.05, 0) is 42.3 Å². The summed E-state index contributed by atoms with van der Waals surface area (Å²) in [5.74, 6) is -0.115. The number of methoxy groups -OCH3 is 1. The molecule has 2 aromatic rings. The van der Waals surface area contributed by atoms with Gasteiger partial charge in [-0.25, -0.2) is 0 Å². The molecule has 0 radical (unpaired) electrons. The van der Waals surface area contributed by atoms with Crippen LogP contribution in [0.2, 0.25) is 0 Å². The Bertz CT molecular complexity index is 1420. The van der Waals surface area contributed by atoms with Crippen molar-refractivity contribution in [1.82, 2.24) is 10.2 Å². The van der Waals surface area contributed by atoms with Crippen LogP contribution in [0.25, 0.3) is 0 Å². The van der Waals surface area contributed by atoms with Crippen molar-refractivity contribution in [3.05, 3.63) is 58.7 Å². The number of hydrogen-bond donors (Lipinski definition) is 3. The highest BCUT2D eigenvalue weighted by Crippen LogP contribution is 2.51. The van der Waals surface area contributed by atoms with Gasteiger partial charge >= 0.3 is 0 Å². The predicted octanol–water partition coefficient (Wildman–Crippen LogP) is 0.924. The fourth-order valence-electron chi connectivity index (χ4n) is 6.09. The number of hydrogen-bond acceptors (Lipinski definition) is 10. The van der Waals surface area contributed by atoms with E-state index in [1.54, 1.807) is 29.2 Å². The van der Waals surface area contributed by atoms with E-state index in [9.17, 15) is 24.6 Å². The van der Waals surface area contributed by atoms with E-state index in [0.29, 0.717) is 53.4 Å². The van der Waals surface area contributed by atoms with Crippen molar-refractivity contribution in [2.75, 3.05) is 40.3 Å². The summed E-state index contributed by atoms with van der Waals surface area (Å²) in [6, 6.07) is 7.56. The summed E-state index contributed by atoms with van der Waals surface area (Å²) in [6.07, 6.45) is 0.585. The molecule has 1 aliphatic carbocycles. The monoisotopic (exact) mass is 580 g/mol. The quantitative estimate of drug-likeness (QED) is 0.365. The van der Waals surface area contributed by atoms with E-state index < -0.39 is 36.0 Å². The highest BCUT2D eigenvalue weighted by atomic mass is 16.7. The lowest BCUT2D eigenvalue weighted by atomic mass is 9.77. The summed E-state index contributed by atoms with van der Waals surface area (Å²) in [5.41, 5.74) is 1.83. The summed E-state index contributed by atoms with van der Waals surface area (Å²) in [5, 5.41) is 23.9. The molecule has 6 rings (SSSR count). The maximum Gasteiger partial charge on any atom is 0.247 e. The fraction of sp³-hybridized carbons (Fsp3) is 0.433. The fourth-order valence-corrected chi connectivity index (χ4v) is 6.09. The first-order chi connectivity index (χ1) is 20.4. The number of carbonyl (C=O) groups excluding carboxylic acids is 3. The van der Waals surface area contributed by atoms with Crippen LogP contribution in [0.4, 0.5) is 0 Å². The highest BCUT2D eigenvalue weighted by molar-refractivity contribution is 5.96. The highest BCUT2D eigenvalue weighted by Gasteiger charge is 2.52. The first-order valence-corrected chi connectivity index (χ1v) is 13.8. The van der Waals surface area contributed by atoms with Gasteiger partial charge in [-0.15, -0.1) is 0 Å². The maximum atomic E-state index is 14.0. The van der Waals surface area contributed by atoms with E-state index in [4.69, 9.17) is 23.7 Å². The van der Waals surface area contributed by atoms with E-state index in [1.807, 2.05) is 6.07 Å². The lowest BCUT2D eigenvalue weighted by Crippen LogP contribution is -2.56. The summed E-state index contributed by atoms with van der Waals surface area (Å²) in [4.78, 5) is 40.8. The molecule has 0 bridgehead atoms. The number of nitrogens with one attached hydrogen (secondary N) is 1. The Morgan fingerprint density at radius 3 is 2.76 bits per heavy atom. The van der Waals surface area contributed by atoms with Crippen molar-refractivity contribution < 1.29 is 48.3 Å². The zero-order valence-corrected chi connectivity index (χ0v) is 23.0. The van der Waals surface area contributed by atoms with Gasteiger partial charge in [-0.2, -0.15) is 0 Å². The van der Waals surface area contributed by atoms with E-state index in [0.717, 1.165) is 5.56 Å². The molecule has 42 heavy (non-hydrogen) atoms. The van der Waals surface area contributed by atoms with Crippen LogP contribution in [-0.2, 0) is 20.9 Å². The third-order valence-corrected chi connectivity index (χ3v) is 8.12. The van der Waals surface area contributed by atoms with Gasteiger partial charge in [0.2, 0.25) is 18.6 Å². The zero-order valence-electron chi connectivity index (χ0n) is 23.0. The van der Waals surface area contributed by atoms with Gasteiger partial charge in [-0.3, -0.25) is 14.4 Å². The maximum absolute atomic E-state index is 14.0. The molecule has 5 unspecified atom stereocenters. The van der Waals surface area contributed by atoms with Crippen LogP contribution in [-0.4, -0.2) is 91.7 Å². The standard InChI is InChI=1S/C30H32N2O10/c1-38-24-10-17(13-34)8-19-25-20(29(36)31-5-6-33)11-21(26(35)28(25)42-27(19)24)32(30(37)18-4-7-39-14-18)12-16-2-3-22-23(9-16)41-15-40-22/h2-3,8-11,13,18,21,25-26,28,33,35H,4-7,12,14-15H2,1H3,(H,31,36). The van der Waals surface area contributed by atoms with E-state index in [2.05, 4.69) is 5.32 Å². The number of aliphatic hydroxyl groups excluding tert-OH is 2. The van der Waals surface area contributed by atoms with Gasteiger partial charge in [0.05, 0.1) is 38.2 Å². The zero-order chi connectivity index (χ0) is 29.4. The molecule has 12 heteroatoms. The second kappa shape index (κ2) is 11.6. The SMILES string of the molecule is COc1cc(C=O)cc2c1OC1C2C(C(=O)NCCO)=CC(N(Cc2ccc3c(c2)OCO3)C(=O)C2CCOC2)C1O. The molecule has 0 aromatic heterocycles. The van der Waals surface area contributed by atoms with Crippen LogP contribution >= 0.6 is 0 Å². The molecule has 4 aliphatic rings. The summed E-state index contributed by atoms with van der Waals surface area (Å²) >= 11 is 0. The lowest BCUT2D eigenvalue weighted by Gasteiger charge is -2.41. The van der Waals surface area contributed by atoms with Gasteiger partial charge in [-0.1, -0.05) is 6.07 Å². The Labute approximate surface area is 241 Å². The second-order valence-electron chi connectivity index (χ2n) is 10.6. The van der Waals surface area contributed by atoms with E-state index >= 15 is 0 Å². The first-order valence-electron chi connectivity index (χ1n) is 13.8. The molecule has 0 saturated carbocycles. The number of fused-ring (bicyclic) bond motifs is 4. The third-order valence-electron chi connectivity index (χ3n) is 8.12. The molecule has 2 amide bonds. The molecule has 12 nitrogen and oxygen atoms in total. The van der Waals surface area contributed by atoms with Crippen LogP contribution in [0.15, 0.2) is 42.0 Å².